The number of ketones is 1. The Bertz CT molecular complexity index is 1410. The van der Waals surface area contributed by atoms with Crippen LogP contribution in [0.3, 0.4) is 0 Å². The van der Waals surface area contributed by atoms with E-state index in [2.05, 4.69) is 18.8 Å². The molecule has 9 heteroatoms. The summed E-state index contributed by atoms with van der Waals surface area (Å²) < 4.78 is 18.6. The number of Topliss-reactive ketones (excluding diaryl/α,β-unsaturated/α-hetero) is 1. The van der Waals surface area contributed by atoms with Gasteiger partial charge in [0.2, 0.25) is 0 Å². The quantitative estimate of drug-likeness (QED) is 0.162. The van der Waals surface area contributed by atoms with Crippen LogP contribution in [0.5, 0.6) is 11.5 Å². The molecule has 1 N–H and O–H groups in total. The van der Waals surface area contributed by atoms with E-state index in [0.717, 1.165) is 12.0 Å². The van der Waals surface area contributed by atoms with E-state index in [-0.39, 0.29) is 23.6 Å². The monoisotopic (exact) mass is 535 g/mol. The van der Waals surface area contributed by atoms with Crippen LogP contribution in [-0.4, -0.2) is 65.1 Å². The number of pyridine rings is 1. The lowest BCUT2D eigenvalue weighted by Crippen LogP contribution is -2.31. The van der Waals surface area contributed by atoms with Crippen LogP contribution in [0, 0.1) is 19.8 Å². The Morgan fingerprint density at radius 2 is 1.87 bits per heavy atom. The minimum Gasteiger partial charge on any atom is -0.505 e. The summed E-state index contributed by atoms with van der Waals surface area (Å²) in [4.78, 5) is 32.8. The number of carbonyl (C=O) groups excluding carboxylic acids is 2. The van der Waals surface area contributed by atoms with Gasteiger partial charge in [-0.15, -0.1) is 0 Å². The van der Waals surface area contributed by atoms with Crippen molar-refractivity contribution in [1.29, 1.82) is 0 Å². The molecule has 1 unspecified atom stereocenters. The molecule has 9 nitrogen and oxygen atoms in total. The number of methoxy groups -OCH3 is 2. The molecule has 1 saturated heterocycles. The largest absolute Gasteiger partial charge is 0.505 e. The summed E-state index contributed by atoms with van der Waals surface area (Å²) >= 11 is 0. The zero-order valence-corrected chi connectivity index (χ0v) is 23.5. The van der Waals surface area contributed by atoms with Gasteiger partial charge in [-0.3, -0.25) is 9.59 Å². The number of carbonyl (C=O) groups is 2. The van der Waals surface area contributed by atoms with Gasteiger partial charge >= 0.3 is 0 Å². The molecule has 0 radical (unpaired) electrons. The first kappa shape index (κ1) is 28.2. The molecule has 1 aliphatic heterocycles. The third-order valence-corrected chi connectivity index (χ3v) is 7.05. The van der Waals surface area contributed by atoms with Gasteiger partial charge < -0.3 is 28.6 Å². The van der Waals surface area contributed by atoms with Gasteiger partial charge in [-0.2, -0.15) is 0 Å². The number of aliphatic hydroxyl groups is 1. The van der Waals surface area contributed by atoms with Crippen molar-refractivity contribution in [1.82, 2.24) is 14.3 Å². The minimum absolute atomic E-state index is 0.00268. The number of rotatable bonds is 11. The van der Waals surface area contributed by atoms with Gasteiger partial charge in [-0.25, -0.2) is 4.98 Å². The summed E-state index contributed by atoms with van der Waals surface area (Å²) in [6.45, 7) is 9.24. The highest BCUT2D eigenvalue weighted by Gasteiger charge is 2.46. The van der Waals surface area contributed by atoms with Crippen molar-refractivity contribution in [3.8, 4) is 11.5 Å². The van der Waals surface area contributed by atoms with Gasteiger partial charge in [0.15, 0.2) is 17.3 Å². The summed E-state index contributed by atoms with van der Waals surface area (Å²) in [6, 6.07) is 8.35. The van der Waals surface area contributed by atoms with E-state index in [4.69, 9.17) is 14.2 Å². The first-order valence-corrected chi connectivity index (χ1v) is 13.2. The number of nitrogens with zero attached hydrogens (tertiary/aromatic N) is 3. The fraction of sp³-hybridized carbons (Fsp3) is 0.433. The standard InChI is InChI=1S/C30H37N3O6/c1-18(2)12-16-39-22-11-10-21(17-23(22)38-6)26-24(28(35)30(36)33(26)14-8-15-37-5)27(34)25-20(4)32-13-7-9-19(3)29(32)31-25/h7,9-11,13,17-18,26,34H,8,12,14-16H2,1-6H3. The number of aliphatic hydroxyl groups excluding tert-OH is 1. The molecule has 0 saturated carbocycles. The van der Waals surface area contributed by atoms with Gasteiger partial charge in [0.1, 0.15) is 11.3 Å². The molecule has 4 rings (SSSR count). The highest BCUT2D eigenvalue weighted by molar-refractivity contribution is 6.46. The second-order valence-corrected chi connectivity index (χ2v) is 10.2. The highest BCUT2D eigenvalue weighted by atomic mass is 16.5. The number of likely N-dealkylation sites (tertiary alicyclic amines) is 1. The summed E-state index contributed by atoms with van der Waals surface area (Å²) in [7, 11) is 3.13. The lowest BCUT2D eigenvalue weighted by Gasteiger charge is -2.26. The topological polar surface area (TPSA) is 103 Å². The van der Waals surface area contributed by atoms with E-state index in [1.54, 1.807) is 32.4 Å². The number of amides is 1. The number of aromatic nitrogens is 2. The van der Waals surface area contributed by atoms with E-state index < -0.39 is 17.7 Å². The van der Waals surface area contributed by atoms with Crippen LogP contribution >= 0.6 is 0 Å². The van der Waals surface area contributed by atoms with E-state index in [1.807, 2.05) is 36.6 Å². The molecule has 1 aromatic carbocycles. The van der Waals surface area contributed by atoms with E-state index in [0.29, 0.717) is 54.0 Å². The van der Waals surface area contributed by atoms with Gasteiger partial charge in [-0.05, 0) is 61.9 Å². The Balaban J connectivity index is 1.83. The van der Waals surface area contributed by atoms with Crippen molar-refractivity contribution in [2.24, 2.45) is 5.92 Å². The van der Waals surface area contributed by atoms with Crippen molar-refractivity contribution in [3.63, 3.8) is 0 Å². The molecule has 1 amide bonds. The number of fused-ring (bicyclic) bond motifs is 1. The molecule has 3 heterocycles. The van der Waals surface area contributed by atoms with Crippen molar-refractivity contribution < 1.29 is 28.9 Å². The number of hydrogen-bond donors (Lipinski definition) is 1. The normalized spacial score (nSPS) is 17.0. The van der Waals surface area contributed by atoms with Crippen LogP contribution < -0.4 is 9.47 Å². The number of ether oxygens (including phenoxy) is 3. The molecule has 39 heavy (non-hydrogen) atoms. The average Bonchev–Trinajstić information content (AvgIpc) is 3.38. The fourth-order valence-corrected chi connectivity index (χ4v) is 4.89. The first-order chi connectivity index (χ1) is 18.7. The van der Waals surface area contributed by atoms with Crippen LogP contribution in [0.1, 0.15) is 55.2 Å². The fourth-order valence-electron chi connectivity index (χ4n) is 4.89. The average molecular weight is 536 g/mol. The summed E-state index contributed by atoms with van der Waals surface area (Å²) in [5.74, 6) is -0.174. The molecule has 208 valence electrons. The summed E-state index contributed by atoms with van der Waals surface area (Å²) in [5, 5.41) is 11.6. The molecule has 2 aromatic heterocycles. The Hall–Kier alpha value is -3.85. The van der Waals surface area contributed by atoms with Gasteiger partial charge in [0.05, 0.1) is 31.0 Å². The highest BCUT2D eigenvalue weighted by Crippen LogP contribution is 2.42. The molecule has 0 bridgehead atoms. The molecule has 1 aliphatic rings. The van der Waals surface area contributed by atoms with Crippen LogP contribution in [-0.2, 0) is 14.3 Å². The maximum atomic E-state index is 13.4. The zero-order valence-electron chi connectivity index (χ0n) is 23.5. The Morgan fingerprint density at radius 3 is 2.54 bits per heavy atom. The Labute approximate surface area is 229 Å². The summed E-state index contributed by atoms with van der Waals surface area (Å²) in [5.41, 5.74) is 3.16. The van der Waals surface area contributed by atoms with E-state index >= 15 is 0 Å². The van der Waals surface area contributed by atoms with E-state index in [9.17, 15) is 14.7 Å². The number of benzene rings is 1. The van der Waals surface area contributed by atoms with Crippen molar-refractivity contribution in [2.45, 2.75) is 46.6 Å². The Kier molecular flexibility index (Phi) is 8.60. The lowest BCUT2D eigenvalue weighted by molar-refractivity contribution is -0.140. The van der Waals surface area contributed by atoms with Crippen LogP contribution in [0.4, 0.5) is 0 Å². The molecule has 3 aromatic rings. The molecular formula is C30H37N3O6. The number of imidazole rings is 1. The minimum atomic E-state index is -0.828. The third-order valence-electron chi connectivity index (χ3n) is 7.05. The van der Waals surface area contributed by atoms with Crippen LogP contribution in [0.15, 0.2) is 42.1 Å². The second kappa shape index (κ2) is 11.9. The molecule has 0 aliphatic carbocycles. The zero-order chi connectivity index (χ0) is 28.3. The smallest absolute Gasteiger partial charge is 0.295 e. The molecule has 1 fully saturated rings. The predicted molar refractivity (Wildman–Crippen MR) is 148 cm³/mol. The maximum Gasteiger partial charge on any atom is 0.295 e. The second-order valence-electron chi connectivity index (χ2n) is 10.2. The van der Waals surface area contributed by atoms with Gasteiger partial charge in [0.25, 0.3) is 11.7 Å². The Morgan fingerprint density at radius 1 is 1.10 bits per heavy atom. The van der Waals surface area contributed by atoms with Crippen LogP contribution in [0.25, 0.3) is 11.4 Å². The van der Waals surface area contributed by atoms with Crippen molar-refractivity contribution >= 4 is 23.1 Å². The van der Waals surface area contributed by atoms with E-state index in [1.165, 1.54) is 4.90 Å². The predicted octanol–water partition coefficient (Wildman–Crippen LogP) is 4.84. The van der Waals surface area contributed by atoms with Crippen molar-refractivity contribution in [3.05, 3.63) is 64.6 Å². The number of hydrogen-bond acceptors (Lipinski definition) is 7. The third kappa shape index (κ3) is 5.49. The molecule has 0 spiro atoms. The first-order valence-electron chi connectivity index (χ1n) is 13.2. The SMILES string of the molecule is COCCCN1C(=O)C(=O)C(=C(O)c2nc3c(C)cccn3c2C)C1c1ccc(OCCC(C)C)c(OC)c1. The van der Waals surface area contributed by atoms with Crippen LogP contribution in [0.2, 0.25) is 0 Å². The lowest BCUT2D eigenvalue weighted by atomic mass is 9.96. The maximum absolute atomic E-state index is 13.4. The molecular weight excluding hydrogens is 498 g/mol. The van der Waals surface area contributed by atoms with Gasteiger partial charge in [-0.1, -0.05) is 26.0 Å². The molecule has 1 atom stereocenters. The number of aryl methyl sites for hydroxylation is 2. The van der Waals surface area contributed by atoms with Gasteiger partial charge in [0, 0.05) is 26.5 Å². The summed E-state index contributed by atoms with van der Waals surface area (Å²) in [6.07, 6.45) is 3.27. The van der Waals surface area contributed by atoms with Crippen molar-refractivity contribution in [2.75, 3.05) is 34.0 Å².